The van der Waals surface area contributed by atoms with Crippen LogP contribution in [-0.4, -0.2) is 36.5 Å². The first-order valence-electron chi connectivity index (χ1n) is 7.59. The van der Waals surface area contributed by atoms with E-state index in [4.69, 9.17) is 13.3 Å². The Morgan fingerprint density at radius 1 is 1.24 bits per heavy atom. The van der Waals surface area contributed by atoms with Crippen LogP contribution in [0, 0.1) is 0 Å². The zero-order valence-electron chi connectivity index (χ0n) is 13.4. The van der Waals surface area contributed by atoms with Gasteiger partial charge in [0.1, 0.15) is 24.0 Å². The summed E-state index contributed by atoms with van der Waals surface area (Å²) >= 11 is 2.00. The second-order valence-corrected chi connectivity index (χ2v) is 6.73. The van der Waals surface area contributed by atoms with E-state index >= 15 is 0 Å². The third-order valence-corrected chi connectivity index (χ3v) is 4.51. The van der Waals surface area contributed by atoms with Crippen LogP contribution in [0.25, 0.3) is 22.6 Å². The summed E-state index contributed by atoms with van der Waals surface area (Å²) in [5.74, 6) is 1.18. The van der Waals surface area contributed by atoms with Crippen LogP contribution in [-0.2, 0) is 4.18 Å². The number of nitrogens with one attached hydrogen (secondary N) is 1. The molecule has 1 heterocycles. The number of ether oxygens (including phenoxy) is 1. The minimum absolute atomic E-state index is 0.152. The van der Waals surface area contributed by atoms with Crippen LogP contribution in [0.5, 0.6) is 5.75 Å². The maximum absolute atomic E-state index is 9.74. The van der Waals surface area contributed by atoms with Crippen molar-refractivity contribution < 1.29 is 18.4 Å². The quantitative estimate of drug-likeness (QED) is 0.374. The second-order valence-electron chi connectivity index (χ2n) is 5.29. The van der Waals surface area contributed by atoms with Gasteiger partial charge in [-0.15, -0.1) is 0 Å². The van der Waals surface area contributed by atoms with Gasteiger partial charge in [0.2, 0.25) is 5.89 Å². The van der Waals surface area contributed by atoms with Gasteiger partial charge in [0.25, 0.3) is 0 Å². The van der Waals surface area contributed by atoms with E-state index < -0.39 is 6.10 Å². The first-order valence-corrected chi connectivity index (χ1v) is 10.9. The summed E-state index contributed by atoms with van der Waals surface area (Å²) in [5, 5.41) is 12.8. The highest BCUT2D eigenvalue weighted by Gasteiger charge is 2.11. The molecule has 0 aliphatic rings. The molecule has 0 bridgehead atoms. The zero-order valence-corrected chi connectivity index (χ0v) is 16.4. The van der Waals surface area contributed by atoms with E-state index in [9.17, 15) is 5.11 Å². The van der Waals surface area contributed by atoms with Crippen LogP contribution in [0.2, 0.25) is 0 Å². The van der Waals surface area contributed by atoms with Crippen molar-refractivity contribution in [1.29, 1.82) is 0 Å². The van der Waals surface area contributed by atoms with Gasteiger partial charge in [0.05, 0.1) is 15.8 Å². The zero-order chi connectivity index (χ0) is 17.6. The average Bonchev–Trinajstić information content (AvgIpc) is 3.08. The summed E-state index contributed by atoms with van der Waals surface area (Å²) in [4.78, 5) is 4.52. The molecule has 0 saturated carbocycles. The van der Waals surface area contributed by atoms with Gasteiger partial charge in [-0.3, -0.25) is 0 Å². The number of rotatable bonds is 8. The molecule has 25 heavy (non-hydrogen) atoms. The molecule has 0 fully saturated rings. The topological polar surface area (TPSA) is 76.8 Å². The van der Waals surface area contributed by atoms with Gasteiger partial charge in [-0.25, -0.2) is 4.98 Å². The maximum Gasteiger partial charge on any atom is 0.227 e. The smallest absolute Gasteiger partial charge is 0.227 e. The van der Waals surface area contributed by atoms with E-state index in [2.05, 4.69) is 10.3 Å². The highest BCUT2D eigenvalue weighted by molar-refractivity contribution is 14.2. The van der Waals surface area contributed by atoms with Crippen molar-refractivity contribution in [2.24, 2.45) is 0 Å². The lowest BCUT2D eigenvalue weighted by Crippen LogP contribution is -2.21. The Kier molecular flexibility index (Phi) is 6.40. The monoisotopic (exact) mass is 472 g/mol. The maximum atomic E-state index is 9.74. The summed E-state index contributed by atoms with van der Waals surface area (Å²) in [6.07, 6.45) is -0.684. The largest absolute Gasteiger partial charge is 0.491 e. The van der Waals surface area contributed by atoms with Crippen molar-refractivity contribution >= 4 is 47.2 Å². The molecule has 1 unspecified atom stereocenters. The molecule has 1 aromatic heterocycles. The third kappa shape index (κ3) is 4.78. The van der Waals surface area contributed by atoms with E-state index in [-0.39, 0.29) is 13.2 Å². The Morgan fingerprint density at radius 2 is 2.04 bits per heavy atom. The average molecular weight is 472 g/mol. The van der Waals surface area contributed by atoms with E-state index in [1.54, 1.807) is 12.1 Å². The van der Waals surface area contributed by atoms with Crippen LogP contribution in [0.15, 0.2) is 46.9 Å². The molecule has 3 aromatic rings. The molecule has 0 radical (unpaired) electrons. The fourth-order valence-corrected chi connectivity index (χ4v) is 2.89. The summed E-state index contributed by atoms with van der Waals surface area (Å²) in [5.41, 5.74) is 3.32. The molecule has 0 amide bonds. The lowest BCUT2D eigenvalue weighted by Gasteiger charge is -2.10. The van der Waals surface area contributed by atoms with Crippen molar-refractivity contribution in [3.05, 3.63) is 42.5 Å². The Balaban J connectivity index is 1.72. The van der Waals surface area contributed by atoms with Crippen molar-refractivity contribution in [3.63, 3.8) is 0 Å². The van der Waals surface area contributed by atoms with Crippen LogP contribution in [0.3, 0.4) is 0 Å². The van der Waals surface area contributed by atoms with E-state index in [0.717, 1.165) is 11.3 Å². The van der Waals surface area contributed by atoms with Gasteiger partial charge >= 0.3 is 0 Å². The molecule has 8 heteroatoms. The molecule has 6 nitrogen and oxygen atoms in total. The molecule has 1 atom stereocenters. The summed E-state index contributed by atoms with van der Waals surface area (Å²) in [7, 11) is 3.06. The Hall–Kier alpha value is -1.49. The molecule has 0 spiro atoms. The number of anilines is 1. The van der Waals surface area contributed by atoms with Gasteiger partial charge in [-0.2, -0.15) is 0 Å². The van der Waals surface area contributed by atoms with Gasteiger partial charge in [0, 0.05) is 45.6 Å². The number of fused-ring (bicyclic) bond motifs is 1. The predicted molar refractivity (Wildman–Crippen MR) is 108 cm³/mol. The molecular weight excluding hydrogens is 455 g/mol. The van der Waals surface area contributed by atoms with Crippen LogP contribution < -0.4 is 10.1 Å². The highest BCUT2D eigenvalue weighted by Crippen LogP contribution is 2.27. The number of halogens is 1. The number of aliphatic hydroxyl groups excluding tert-OH is 1. The number of benzene rings is 2. The molecule has 0 aliphatic carbocycles. The van der Waals surface area contributed by atoms with E-state index in [1.807, 2.05) is 58.6 Å². The number of nitrogens with zero attached hydrogens (tertiary/aromatic N) is 1. The normalized spacial score (nSPS) is 12.3. The molecule has 2 aromatic carbocycles. The Labute approximate surface area is 161 Å². The molecule has 0 aliphatic heterocycles. The van der Waals surface area contributed by atoms with Crippen LogP contribution >= 0.6 is 30.4 Å². The van der Waals surface area contributed by atoms with Crippen molar-refractivity contribution in [1.82, 2.24) is 4.98 Å². The minimum Gasteiger partial charge on any atom is -0.491 e. The van der Waals surface area contributed by atoms with Crippen molar-refractivity contribution in [2.75, 3.05) is 25.6 Å². The second kappa shape index (κ2) is 8.75. The third-order valence-electron chi connectivity index (χ3n) is 3.53. The van der Waals surface area contributed by atoms with Crippen molar-refractivity contribution in [3.8, 4) is 17.2 Å². The van der Waals surface area contributed by atoms with Gasteiger partial charge < -0.3 is 23.8 Å². The lowest BCUT2D eigenvalue weighted by molar-refractivity contribution is 0.0707. The van der Waals surface area contributed by atoms with Crippen LogP contribution in [0.1, 0.15) is 0 Å². The molecule has 3 rings (SSSR count). The Morgan fingerprint density at radius 3 is 2.76 bits per heavy atom. The first-order chi connectivity index (χ1) is 12.2. The highest BCUT2D eigenvalue weighted by atomic mass is 127. The first kappa shape index (κ1) is 18.3. The van der Waals surface area contributed by atoms with E-state index in [1.165, 1.54) is 9.21 Å². The Bertz CT molecular complexity index is 825. The van der Waals surface area contributed by atoms with Gasteiger partial charge in [0.15, 0.2) is 5.58 Å². The number of aromatic nitrogens is 1. The number of oxazole rings is 1. The molecule has 2 N–H and O–H groups in total. The summed E-state index contributed by atoms with van der Waals surface area (Å²) < 4.78 is 16.5. The lowest BCUT2D eigenvalue weighted by atomic mass is 10.2. The number of hydrogen-bond acceptors (Lipinski definition) is 7. The SMILES string of the molecule is CNc1ccc(-c2nc3cc(OCC(O)COSI)ccc3o2)cc1. The summed E-state index contributed by atoms with van der Waals surface area (Å²) in [6.45, 7) is 0.367. The minimum atomic E-state index is -0.684. The molecular formula is C17H17IN2O4S. The predicted octanol–water partition coefficient (Wildman–Crippen LogP) is 4.29. The fraction of sp³-hybridized carbons (Fsp3) is 0.235. The van der Waals surface area contributed by atoms with Crippen LogP contribution in [0.4, 0.5) is 5.69 Å². The standard InChI is InChI=1S/C17H17IN2O4S/c1-19-12-4-2-11(3-5-12)17-20-15-8-14(6-7-16(15)24-17)22-9-13(21)10-23-25-18/h2-8,13,19,21H,9-10H2,1H3. The van der Waals surface area contributed by atoms with Gasteiger partial charge in [-0.1, -0.05) is 0 Å². The molecule has 0 saturated heterocycles. The van der Waals surface area contributed by atoms with Crippen molar-refractivity contribution in [2.45, 2.75) is 6.10 Å². The number of hydrogen-bond donors (Lipinski definition) is 2. The van der Waals surface area contributed by atoms with E-state index in [0.29, 0.717) is 22.7 Å². The molecule has 132 valence electrons. The summed E-state index contributed by atoms with van der Waals surface area (Å²) in [6, 6.07) is 13.2. The van der Waals surface area contributed by atoms with Gasteiger partial charge in [-0.05, 0) is 36.4 Å². The fourth-order valence-electron chi connectivity index (χ4n) is 2.24. The number of aliphatic hydroxyl groups is 1.